The summed E-state index contributed by atoms with van der Waals surface area (Å²) in [5, 5.41) is 26.5. The van der Waals surface area contributed by atoms with Crippen molar-refractivity contribution in [1.82, 2.24) is 15.6 Å². The molecule has 0 unspecified atom stereocenters. The Bertz CT molecular complexity index is 1390. The van der Waals surface area contributed by atoms with Crippen LogP contribution in [0.15, 0.2) is 91.1 Å². The van der Waals surface area contributed by atoms with Gasteiger partial charge in [-0.2, -0.15) is 0 Å². The number of pyridine rings is 1. The van der Waals surface area contributed by atoms with Crippen molar-refractivity contribution in [1.29, 1.82) is 0 Å². The number of hydrogen-bond donors (Lipinski definition) is 5. The summed E-state index contributed by atoms with van der Waals surface area (Å²) in [4.78, 5) is 16.8. The Balaban J connectivity index is 1.28. The number of nitrogen functional groups attached to an aromatic ring is 1. The van der Waals surface area contributed by atoms with E-state index in [2.05, 4.69) is 41.6 Å². The molecule has 39 heavy (non-hydrogen) atoms. The minimum atomic E-state index is -0.686. The first kappa shape index (κ1) is 27.8. The van der Waals surface area contributed by atoms with Crippen molar-refractivity contribution in [2.24, 2.45) is 0 Å². The summed E-state index contributed by atoms with van der Waals surface area (Å²) in [6, 6.07) is 26.6. The van der Waals surface area contributed by atoms with Crippen molar-refractivity contribution < 1.29 is 15.0 Å². The van der Waals surface area contributed by atoms with E-state index in [9.17, 15) is 15.0 Å². The summed E-state index contributed by atoms with van der Waals surface area (Å²) >= 11 is 0. The van der Waals surface area contributed by atoms with Crippen LogP contribution in [0.2, 0.25) is 0 Å². The van der Waals surface area contributed by atoms with Crippen LogP contribution in [0.3, 0.4) is 0 Å². The summed E-state index contributed by atoms with van der Waals surface area (Å²) in [5.74, 6) is 0.615. The largest absolute Gasteiger partial charge is 0.508 e. The maximum Gasteiger partial charge on any atom is 0.224 e. The number of hydrogen-bond acceptors (Lipinski definition) is 6. The van der Waals surface area contributed by atoms with Crippen LogP contribution in [0.4, 0.5) is 5.82 Å². The van der Waals surface area contributed by atoms with Gasteiger partial charge in [-0.25, -0.2) is 4.98 Å². The molecule has 0 radical (unpaired) electrons. The number of aliphatic hydroxyl groups is 1. The van der Waals surface area contributed by atoms with Gasteiger partial charge < -0.3 is 26.6 Å². The third kappa shape index (κ3) is 8.40. The van der Waals surface area contributed by atoms with Crippen molar-refractivity contribution >= 4 is 11.7 Å². The van der Waals surface area contributed by atoms with Crippen LogP contribution in [0.5, 0.6) is 5.75 Å². The number of nitrogens with two attached hydrogens (primary N) is 1. The van der Waals surface area contributed by atoms with Crippen LogP contribution in [0.1, 0.15) is 42.2 Å². The summed E-state index contributed by atoms with van der Waals surface area (Å²) in [6.45, 7) is 5.00. The molecule has 0 saturated heterocycles. The van der Waals surface area contributed by atoms with Crippen LogP contribution in [-0.4, -0.2) is 33.2 Å². The van der Waals surface area contributed by atoms with Gasteiger partial charge in [0.2, 0.25) is 5.91 Å². The highest BCUT2D eigenvalue weighted by Crippen LogP contribution is 2.23. The van der Waals surface area contributed by atoms with Gasteiger partial charge in [-0.3, -0.25) is 4.79 Å². The predicted molar refractivity (Wildman–Crippen MR) is 155 cm³/mol. The average Bonchev–Trinajstić information content (AvgIpc) is 2.91. The van der Waals surface area contributed by atoms with E-state index in [1.54, 1.807) is 30.5 Å². The second-order valence-electron chi connectivity index (χ2n) is 10.5. The summed E-state index contributed by atoms with van der Waals surface area (Å²) < 4.78 is 0. The first-order valence-electron chi connectivity index (χ1n) is 13.0. The number of rotatable bonds is 11. The number of benzene rings is 3. The number of nitrogens with one attached hydrogen (secondary N) is 2. The summed E-state index contributed by atoms with van der Waals surface area (Å²) in [6.07, 6.45) is 1.94. The molecule has 0 bridgehead atoms. The van der Waals surface area contributed by atoms with Crippen LogP contribution in [0, 0.1) is 0 Å². The highest BCUT2D eigenvalue weighted by Gasteiger charge is 2.20. The van der Waals surface area contributed by atoms with E-state index in [1.807, 2.05) is 48.5 Å². The molecular weight excluding hydrogens is 488 g/mol. The van der Waals surface area contributed by atoms with E-state index in [0.717, 1.165) is 34.2 Å². The van der Waals surface area contributed by atoms with Gasteiger partial charge in [-0.05, 0) is 72.4 Å². The number of nitrogens with zero attached hydrogens (tertiary/aromatic N) is 1. The van der Waals surface area contributed by atoms with E-state index < -0.39 is 6.10 Å². The molecule has 0 aliphatic carbocycles. The molecule has 1 amide bonds. The fourth-order valence-corrected chi connectivity index (χ4v) is 4.49. The van der Waals surface area contributed by atoms with Crippen LogP contribution >= 0.6 is 0 Å². The molecule has 0 saturated carbocycles. The second kappa shape index (κ2) is 12.6. The second-order valence-corrected chi connectivity index (χ2v) is 10.5. The fraction of sp³-hybridized carbons (Fsp3) is 0.250. The first-order chi connectivity index (χ1) is 18.7. The number of aromatic hydroxyl groups is 1. The van der Waals surface area contributed by atoms with Crippen molar-refractivity contribution in [3.05, 3.63) is 113 Å². The highest BCUT2D eigenvalue weighted by atomic mass is 16.3. The quantitative estimate of drug-likeness (QED) is 0.196. The van der Waals surface area contributed by atoms with Crippen LogP contribution in [0.25, 0.3) is 11.1 Å². The van der Waals surface area contributed by atoms with Gasteiger partial charge in [0.15, 0.2) is 0 Å². The normalized spacial score (nSPS) is 12.2. The van der Waals surface area contributed by atoms with E-state index in [1.165, 1.54) is 0 Å². The lowest BCUT2D eigenvalue weighted by Gasteiger charge is -2.28. The first-order valence-corrected chi connectivity index (χ1v) is 13.0. The molecule has 0 aliphatic heterocycles. The lowest BCUT2D eigenvalue weighted by molar-refractivity contribution is -0.120. The van der Waals surface area contributed by atoms with Gasteiger partial charge in [0.05, 0.1) is 12.5 Å². The van der Waals surface area contributed by atoms with E-state index >= 15 is 0 Å². The number of anilines is 1. The summed E-state index contributed by atoms with van der Waals surface area (Å²) in [5.41, 5.74) is 11.2. The Morgan fingerprint density at radius 3 is 2.38 bits per heavy atom. The topological polar surface area (TPSA) is 120 Å². The van der Waals surface area contributed by atoms with Crippen LogP contribution < -0.4 is 16.4 Å². The molecule has 0 fully saturated rings. The molecule has 0 aliphatic rings. The zero-order valence-electron chi connectivity index (χ0n) is 22.4. The molecule has 3 aromatic carbocycles. The molecule has 7 heteroatoms. The minimum Gasteiger partial charge on any atom is -0.508 e. The van der Waals surface area contributed by atoms with E-state index in [-0.39, 0.29) is 17.2 Å². The third-order valence-corrected chi connectivity index (χ3v) is 6.59. The Hall–Kier alpha value is -4.20. The third-order valence-electron chi connectivity index (χ3n) is 6.59. The number of β-amino-alcohol motifs (C(OH)–C–C–N with tert-alkyl or cyclic N) is 1. The van der Waals surface area contributed by atoms with Crippen molar-refractivity contribution in [3.8, 4) is 16.9 Å². The van der Waals surface area contributed by atoms with Crippen molar-refractivity contribution in [3.63, 3.8) is 0 Å². The highest BCUT2D eigenvalue weighted by molar-refractivity contribution is 5.78. The molecule has 4 aromatic rings. The molecule has 1 aromatic heterocycles. The molecule has 0 spiro atoms. The number of carbonyl (C=O) groups excluding carboxylic acids is 1. The minimum absolute atomic E-state index is 0.0419. The molecule has 1 heterocycles. The fourth-order valence-electron chi connectivity index (χ4n) is 4.49. The van der Waals surface area contributed by atoms with Gasteiger partial charge in [0, 0.05) is 30.4 Å². The SMILES string of the molecule is CC(C)(Cc1cccc(CC(=O)NCc2cccc(-c3ccc(O)cc3)c2)c1)NC[C@H](O)c1ccc(N)nc1. The molecular formula is C32H36N4O3. The number of phenolic OH excluding ortho intramolecular Hbond substituents is 1. The van der Waals surface area contributed by atoms with Crippen LogP contribution in [-0.2, 0) is 24.2 Å². The lowest BCUT2D eigenvalue weighted by Crippen LogP contribution is -2.43. The number of carbonyl (C=O) groups is 1. The van der Waals surface area contributed by atoms with Crippen molar-refractivity contribution in [2.45, 2.75) is 44.9 Å². The zero-order valence-corrected chi connectivity index (χ0v) is 22.4. The zero-order chi connectivity index (χ0) is 27.8. The number of amides is 1. The summed E-state index contributed by atoms with van der Waals surface area (Å²) in [7, 11) is 0. The van der Waals surface area contributed by atoms with Gasteiger partial charge in [-0.1, -0.05) is 60.7 Å². The van der Waals surface area contributed by atoms with Gasteiger partial charge in [0.1, 0.15) is 11.6 Å². The number of aliphatic hydroxyl groups excluding tert-OH is 1. The smallest absolute Gasteiger partial charge is 0.224 e. The maximum atomic E-state index is 12.7. The average molecular weight is 525 g/mol. The predicted octanol–water partition coefficient (Wildman–Crippen LogP) is 4.54. The number of aromatic nitrogens is 1. The molecule has 4 rings (SSSR count). The standard InChI is InChI=1S/C32H36N4O3/c1-32(2,36-21-29(38)27-11-14-30(33)34-20-27)18-23-6-3-5-22(15-23)17-31(39)35-19-24-7-4-8-26(16-24)25-9-12-28(37)13-10-25/h3-16,20,29,36-38H,17-19,21H2,1-2H3,(H2,33,34)(H,35,39)/t29-/m0/s1. The lowest BCUT2D eigenvalue weighted by atomic mass is 9.93. The van der Waals surface area contributed by atoms with E-state index in [0.29, 0.717) is 30.9 Å². The Morgan fingerprint density at radius 2 is 1.64 bits per heavy atom. The number of phenols is 1. The van der Waals surface area contributed by atoms with E-state index in [4.69, 9.17) is 5.73 Å². The van der Waals surface area contributed by atoms with Gasteiger partial charge in [0.25, 0.3) is 0 Å². The molecule has 7 nitrogen and oxygen atoms in total. The molecule has 6 N–H and O–H groups in total. The Labute approximate surface area is 229 Å². The maximum absolute atomic E-state index is 12.7. The monoisotopic (exact) mass is 524 g/mol. The van der Waals surface area contributed by atoms with Gasteiger partial charge >= 0.3 is 0 Å². The van der Waals surface area contributed by atoms with Gasteiger partial charge in [-0.15, -0.1) is 0 Å². The molecule has 202 valence electrons. The Kier molecular flexibility index (Phi) is 8.96. The Morgan fingerprint density at radius 1 is 0.923 bits per heavy atom. The molecule has 1 atom stereocenters. The van der Waals surface area contributed by atoms with Crippen molar-refractivity contribution in [2.75, 3.05) is 12.3 Å².